The minimum Gasteiger partial charge on any atom is -0.478 e. The summed E-state index contributed by atoms with van der Waals surface area (Å²) < 4.78 is 7.45. The quantitative estimate of drug-likeness (QED) is 0.912. The second-order valence-corrected chi connectivity index (χ2v) is 4.63. The first-order valence-corrected chi connectivity index (χ1v) is 6.73. The lowest BCUT2D eigenvalue weighted by atomic mass is 10.1. The van der Waals surface area contributed by atoms with Gasteiger partial charge in [-0.25, -0.2) is 9.97 Å². The largest absolute Gasteiger partial charge is 0.478 e. The number of aromatic nitrogens is 3. The van der Waals surface area contributed by atoms with Gasteiger partial charge in [0.15, 0.2) is 0 Å². The molecule has 3 heterocycles. The Morgan fingerprint density at radius 2 is 2.37 bits per heavy atom. The zero-order chi connectivity index (χ0) is 13.1. The van der Waals surface area contributed by atoms with Crippen LogP contribution in [0.15, 0.2) is 30.9 Å². The summed E-state index contributed by atoms with van der Waals surface area (Å²) in [6.45, 7) is 3.67. The molecule has 0 radical (unpaired) electrons. The number of ether oxygens (including phenoxy) is 1. The number of hydrogen-bond donors (Lipinski definition) is 1. The molecular formula is C14H18N4O. The van der Waals surface area contributed by atoms with Crippen molar-refractivity contribution in [2.45, 2.75) is 25.8 Å². The van der Waals surface area contributed by atoms with Gasteiger partial charge in [0, 0.05) is 12.1 Å². The third-order valence-corrected chi connectivity index (χ3v) is 3.38. The number of pyridine rings is 1. The van der Waals surface area contributed by atoms with Crippen molar-refractivity contribution in [2.24, 2.45) is 0 Å². The Morgan fingerprint density at radius 1 is 1.42 bits per heavy atom. The average molecular weight is 258 g/mol. The van der Waals surface area contributed by atoms with E-state index in [0.29, 0.717) is 18.5 Å². The molecule has 5 nitrogen and oxygen atoms in total. The fraction of sp³-hybridized carbons (Fsp3) is 0.429. The predicted molar refractivity (Wildman–Crippen MR) is 72.5 cm³/mol. The van der Waals surface area contributed by atoms with E-state index < -0.39 is 0 Å². The van der Waals surface area contributed by atoms with Gasteiger partial charge >= 0.3 is 0 Å². The lowest BCUT2D eigenvalue weighted by Crippen LogP contribution is -2.16. The van der Waals surface area contributed by atoms with Crippen LogP contribution >= 0.6 is 0 Å². The summed E-state index contributed by atoms with van der Waals surface area (Å²) in [7, 11) is 0. The summed E-state index contributed by atoms with van der Waals surface area (Å²) in [4.78, 5) is 8.57. The van der Waals surface area contributed by atoms with Crippen LogP contribution in [0.4, 0.5) is 0 Å². The van der Waals surface area contributed by atoms with Crippen molar-refractivity contribution in [1.29, 1.82) is 0 Å². The first-order valence-electron chi connectivity index (χ1n) is 6.73. The van der Waals surface area contributed by atoms with Gasteiger partial charge in [0.05, 0.1) is 36.7 Å². The fourth-order valence-electron chi connectivity index (χ4n) is 2.46. The second kappa shape index (κ2) is 5.40. The Balaban J connectivity index is 1.87. The number of hydrogen-bond acceptors (Lipinski definition) is 4. The van der Waals surface area contributed by atoms with Crippen LogP contribution in [-0.4, -0.2) is 27.7 Å². The number of rotatable bonds is 4. The minimum absolute atomic E-state index is 0.397. The average Bonchev–Trinajstić information content (AvgIpc) is 3.11. The van der Waals surface area contributed by atoms with E-state index in [9.17, 15) is 0 Å². The molecule has 1 N–H and O–H groups in total. The molecule has 0 spiro atoms. The number of nitrogens with one attached hydrogen (secondary N) is 1. The van der Waals surface area contributed by atoms with Crippen molar-refractivity contribution >= 4 is 0 Å². The minimum atomic E-state index is 0.397. The molecule has 0 aliphatic carbocycles. The van der Waals surface area contributed by atoms with Gasteiger partial charge in [-0.2, -0.15) is 0 Å². The van der Waals surface area contributed by atoms with Gasteiger partial charge in [0.1, 0.15) is 0 Å². The maximum Gasteiger partial charge on any atom is 0.213 e. The third-order valence-electron chi connectivity index (χ3n) is 3.38. The molecule has 1 saturated heterocycles. The smallest absolute Gasteiger partial charge is 0.213 e. The van der Waals surface area contributed by atoms with Crippen LogP contribution < -0.4 is 10.1 Å². The van der Waals surface area contributed by atoms with Crippen LogP contribution in [0.3, 0.4) is 0 Å². The molecule has 1 atom stereocenters. The molecule has 3 rings (SSSR count). The van der Waals surface area contributed by atoms with Crippen molar-refractivity contribution in [3.8, 4) is 11.6 Å². The number of imidazole rings is 1. The highest BCUT2D eigenvalue weighted by Gasteiger charge is 2.20. The molecule has 0 saturated carbocycles. The zero-order valence-corrected chi connectivity index (χ0v) is 11.0. The summed E-state index contributed by atoms with van der Waals surface area (Å²) in [5.74, 6) is 0.659. The summed E-state index contributed by atoms with van der Waals surface area (Å²) in [6, 6.07) is 4.30. The molecule has 0 bridgehead atoms. The Kier molecular flexibility index (Phi) is 3.46. The van der Waals surface area contributed by atoms with E-state index >= 15 is 0 Å². The molecule has 2 aromatic rings. The molecule has 1 aliphatic heterocycles. The highest BCUT2D eigenvalue weighted by atomic mass is 16.5. The Bertz CT molecular complexity index is 529. The lowest BCUT2D eigenvalue weighted by Gasteiger charge is -2.13. The predicted octanol–water partition coefficient (Wildman–Crippen LogP) is 2.09. The molecule has 1 aliphatic rings. The maximum absolute atomic E-state index is 5.36. The summed E-state index contributed by atoms with van der Waals surface area (Å²) >= 11 is 0. The van der Waals surface area contributed by atoms with Crippen LogP contribution in [0, 0.1) is 0 Å². The van der Waals surface area contributed by atoms with Crippen molar-refractivity contribution in [2.75, 3.05) is 13.2 Å². The third kappa shape index (κ3) is 2.46. The highest BCUT2D eigenvalue weighted by Crippen LogP contribution is 2.25. The molecule has 100 valence electrons. The van der Waals surface area contributed by atoms with E-state index in [-0.39, 0.29) is 0 Å². The topological polar surface area (TPSA) is 52.0 Å². The van der Waals surface area contributed by atoms with Crippen molar-refractivity contribution in [3.05, 3.63) is 36.5 Å². The van der Waals surface area contributed by atoms with Gasteiger partial charge in [0.25, 0.3) is 0 Å². The monoisotopic (exact) mass is 258 g/mol. The summed E-state index contributed by atoms with van der Waals surface area (Å²) in [5.41, 5.74) is 2.22. The number of nitrogens with zero attached hydrogens (tertiary/aromatic N) is 3. The van der Waals surface area contributed by atoms with Crippen molar-refractivity contribution in [3.63, 3.8) is 0 Å². The van der Waals surface area contributed by atoms with Gasteiger partial charge in [-0.05, 0) is 32.4 Å². The van der Waals surface area contributed by atoms with Gasteiger partial charge in [0.2, 0.25) is 5.88 Å². The second-order valence-electron chi connectivity index (χ2n) is 4.63. The Labute approximate surface area is 112 Å². The van der Waals surface area contributed by atoms with Gasteiger partial charge in [-0.3, -0.25) is 0 Å². The van der Waals surface area contributed by atoms with Gasteiger partial charge in [-0.15, -0.1) is 0 Å². The first-order chi connectivity index (χ1) is 9.38. The van der Waals surface area contributed by atoms with E-state index in [1.54, 1.807) is 0 Å². The SMILES string of the molecule is CCOc1ccc(-n2cncc2C2CCCN2)cn1. The lowest BCUT2D eigenvalue weighted by molar-refractivity contribution is 0.327. The molecule has 19 heavy (non-hydrogen) atoms. The molecule has 1 fully saturated rings. The van der Waals surface area contributed by atoms with Gasteiger partial charge in [-0.1, -0.05) is 0 Å². The van der Waals surface area contributed by atoms with Crippen molar-refractivity contribution < 1.29 is 4.74 Å². The van der Waals surface area contributed by atoms with E-state index in [1.807, 2.05) is 37.8 Å². The first kappa shape index (κ1) is 12.2. The Morgan fingerprint density at radius 3 is 3.05 bits per heavy atom. The zero-order valence-electron chi connectivity index (χ0n) is 11.0. The van der Waals surface area contributed by atoms with Crippen LogP contribution in [0.1, 0.15) is 31.5 Å². The molecule has 0 amide bonds. The van der Waals surface area contributed by atoms with E-state index in [4.69, 9.17) is 4.74 Å². The Hall–Kier alpha value is -1.88. The molecule has 2 aromatic heterocycles. The molecular weight excluding hydrogens is 240 g/mol. The molecule has 5 heteroatoms. The maximum atomic E-state index is 5.36. The summed E-state index contributed by atoms with van der Waals surface area (Å²) in [6.07, 6.45) is 7.98. The van der Waals surface area contributed by atoms with Crippen LogP contribution in [-0.2, 0) is 0 Å². The van der Waals surface area contributed by atoms with Crippen molar-refractivity contribution in [1.82, 2.24) is 19.9 Å². The van der Waals surface area contributed by atoms with Crippen LogP contribution in [0.5, 0.6) is 5.88 Å². The van der Waals surface area contributed by atoms with Gasteiger partial charge < -0.3 is 14.6 Å². The molecule has 1 unspecified atom stereocenters. The van der Waals surface area contributed by atoms with Crippen LogP contribution in [0.25, 0.3) is 5.69 Å². The summed E-state index contributed by atoms with van der Waals surface area (Å²) in [5, 5.41) is 3.49. The fourth-order valence-corrected chi connectivity index (χ4v) is 2.46. The van der Waals surface area contributed by atoms with E-state index in [2.05, 4.69) is 19.9 Å². The van der Waals surface area contributed by atoms with E-state index in [0.717, 1.165) is 18.7 Å². The van der Waals surface area contributed by atoms with Crippen LogP contribution in [0.2, 0.25) is 0 Å². The van der Waals surface area contributed by atoms with E-state index in [1.165, 1.54) is 12.1 Å². The normalized spacial score (nSPS) is 18.7. The molecule has 0 aromatic carbocycles. The highest BCUT2D eigenvalue weighted by molar-refractivity contribution is 5.34. The standard InChI is InChI=1S/C14H18N4O/c1-2-19-14-6-5-11(8-17-14)18-10-15-9-13(18)12-4-3-7-16-12/h5-6,8-10,12,16H,2-4,7H2,1H3.